The van der Waals surface area contributed by atoms with Crippen molar-refractivity contribution in [1.29, 1.82) is 0 Å². The van der Waals surface area contributed by atoms with Crippen LogP contribution < -0.4 is 11.3 Å². The van der Waals surface area contributed by atoms with Crippen LogP contribution in [0.3, 0.4) is 0 Å². The van der Waals surface area contributed by atoms with Crippen LogP contribution >= 0.6 is 0 Å². The summed E-state index contributed by atoms with van der Waals surface area (Å²) in [5.74, 6) is 5.09. The predicted molar refractivity (Wildman–Crippen MR) is 74.2 cm³/mol. The summed E-state index contributed by atoms with van der Waals surface area (Å²) < 4.78 is 13.6. The molecule has 2 rings (SSSR count). The number of anilines is 1. The smallest absolute Gasteiger partial charge is 0.254 e. The predicted octanol–water partition coefficient (Wildman–Crippen LogP) is 1.78. The third kappa shape index (κ3) is 3.10. The fraction of sp³-hybridized carbons (Fsp3) is 0.143. The number of hydrogen-bond donors (Lipinski definition) is 2. The Kier molecular flexibility index (Phi) is 4.27. The van der Waals surface area contributed by atoms with Gasteiger partial charge in [0.2, 0.25) is 0 Å². The van der Waals surface area contributed by atoms with Gasteiger partial charge in [-0.2, -0.15) is 0 Å². The first kappa shape index (κ1) is 14.0. The van der Waals surface area contributed by atoms with Crippen molar-refractivity contribution in [3.63, 3.8) is 0 Å². The highest BCUT2D eigenvalue weighted by Crippen LogP contribution is 2.13. The zero-order valence-corrected chi connectivity index (χ0v) is 11.0. The minimum Gasteiger partial charge on any atom is -0.337 e. The molecule has 0 fully saturated rings. The summed E-state index contributed by atoms with van der Waals surface area (Å²) in [4.78, 5) is 17.6. The molecule has 0 aliphatic rings. The summed E-state index contributed by atoms with van der Waals surface area (Å²) in [5, 5.41) is 0. The maximum atomic E-state index is 13.6. The number of pyridine rings is 1. The van der Waals surface area contributed by atoms with E-state index in [2.05, 4.69) is 10.4 Å². The molecule has 1 aromatic carbocycles. The van der Waals surface area contributed by atoms with Crippen molar-refractivity contribution in [3.05, 3.63) is 59.5 Å². The molecule has 0 spiro atoms. The van der Waals surface area contributed by atoms with Crippen molar-refractivity contribution < 1.29 is 9.18 Å². The number of nitrogens with one attached hydrogen (secondary N) is 1. The summed E-state index contributed by atoms with van der Waals surface area (Å²) in [5.41, 5.74) is 3.28. The summed E-state index contributed by atoms with van der Waals surface area (Å²) >= 11 is 0. The molecular formula is C14H15FN4O. The Balaban J connectivity index is 2.14. The number of nitrogen functional groups attached to an aromatic ring is 1. The Morgan fingerprint density at radius 1 is 1.40 bits per heavy atom. The zero-order valence-electron chi connectivity index (χ0n) is 11.0. The molecular weight excluding hydrogens is 259 g/mol. The highest BCUT2D eigenvalue weighted by Gasteiger charge is 2.14. The molecule has 2 aromatic rings. The Labute approximate surface area is 116 Å². The molecule has 0 aliphatic carbocycles. The summed E-state index contributed by atoms with van der Waals surface area (Å²) in [6.07, 6.45) is 1.49. The Morgan fingerprint density at radius 2 is 2.15 bits per heavy atom. The number of hydrazine groups is 1. The van der Waals surface area contributed by atoms with Crippen molar-refractivity contribution in [3.8, 4) is 0 Å². The number of hydrogen-bond acceptors (Lipinski definition) is 4. The maximum Gasteiger partial charge on any atom is 0.254 e. The standard InChI is InChI=1S/C14H15FN4O/c1-19(9-11-4-2-3-5-12(11)15)14(20)10-6-7-17-13(8-10)18-16/h2-8H,9,16H2,1H3,(H,17,18). The van der Waals surface area contributed by atoms with Gasteiger partial charge in [-0.15, -0.1) is 0 Å². The van der Waals surface area contributed by atoms with Crippen LogP contribution in [0.2, 0.25) is 0 Å². The number of benzene rings is 1. The molecule has 0 saturated carbocycles. The van der Waals surface area contributed by atoms with Crippen LogP contribution in [-0.4, -0.2) is 22.8 Å². The third-order valence-electron chi connectivity index (χ3n) is 2.87. The fourth-order valence-electron chi connectivity index (χ4n) is 1.82. The number of halogens is 1. The van der Waals surface area contributed by atoms with Crippen LogP contribution in [0.1, 0.15) is 15.9 Å². The fourth-order valence-corrected chi connectivity index (χ4v) is 1.82. The van der Waals surface area contributed by atoms with Gasteiger partial charge in [0.15, 0.2) is 0 Å². The van der Waals surface area contributed by atoms with E-state index < -0.39 is 0 Å². The van der Waals surface area contributed by atoms with Crippen LogP contribution in [0.15, 0.2) is 42.6 Å². The largest absolute Gasteiger partial charge is 0.337 e. The SMILES string of the molecule is CN(Cc1ccccc1F)C(=O)c1ccnc(NN)c1. The van der Waals surface area contributed by atoms with Gasteiger partial charge < -0.3 is 10.3 Å². The van der Waals surface area contributed by atoms with Crippen molar-refractivity contribution in [2.45, 2.75) is 6.54 Å². The summed E-state index contributed by atoms with van der Waals surface area (Å²) in [7, 11) is 1.62. The summed E-state index contributed by atoms with van der Waals surface area (Å²) in [6, 6.07) is 9.50. The average Bonchev–Trinajstić information content (AvgIpc) is 2.48. The Bertz CT molecular complexity index is 618. The van der Waals surface area contributed by atoms with Crippen LogP contribution in [0.4, 0.5) is 10.2 Å². The second-order valence-electron chi connectivity index (χ2n) is 4.33. The van der Waals surface area contributed by atoms with E-state index in [4.69, 9.17) is 5.84 Å². The first-order valence-electron chi connectivity index (χ1n) is 6.03. The topological polar surface area (TPSA) is 71.2 Å². The van der Waals surface area contributed by atoms with Gasteiger partial charge in [0.1, 0.15) is 11.6 Å². The number of carbonyl (C=O) groups is 1. The van der Waals surface area contributed by atoms with Crippen LogP contribution in [0.5, 0.6) is 0 Å². The minimum absolute atomic E-state index is 0.194. The first-order chi connectivity index (χ1) is 9.61. The molecule has 5 nitrogen and oxygen atoms in total. The number of carbonyl (C=O) groups excluding carboxylic acids is 1. The van der Waals surface area contributed by atoms with E-state index in [1.807, 2.05) is 0 Å². The molecule has 0 atom stereocenters. The number of nitrogens with two attached hydrogens (primary N) is 1. The van der Waals surface area contributed by atoms with Gasteiger partial charge in [-0.25, -0.2) is 15.2 Å². The second-order valence-corrected chi connectivity index (χ2v) is 4.33. The van der Waals surface area contributed by atoms with Gasteiger partial charge in [0.25, 0.3) is 5.91 Å². The summed E-state index contributed by atoms with van der Waals surface area (Å²) in [6.45, 7) is 0.194. The van der Waals surface area contributed by atoms with E-state index in [1.54, 1.807) is 37.4 Å². The number of rotatable bonds is 4. The molecule has 1 amide bonds. The van der Waals surface area contributed by atoms with Gasteiger partial charge in [-0.1, -0.05) is 18.2 Å². The quantitative estimate of drug-likeness (QED) is 0.658. The number of aromatic nitrogens is 1. The average molecular weight is 274 g/mol. The highest BCUT2D eigenvalue weighted by atomic mass is 19.1. The molecule has 6 heteroatoms. The first-order valence-corrected chi connectivity index (χ1v) is 6.03. The Morgan fingerprint density at radius 3 is 2.85 bits per heavy atom. The van der Waals surface area contributed by atoms with Gasteiger partial charge in [-0.05, 0) is 18.2 Å². The van der Waals surface area contributed by atoms with E-state index >= 15 is 0 Å². The zero-order chi connectivity index (χ0) is 14.5. The monoisotopic (exact) mass is 274 g/mol. The van der Waals surface area contributed by atoms with Crippen molar-refractivity contribution >= 4 is 11.7 Å². The van der Waals surface area contributed by atoms with E-state index in [0.29, 0.717) is 16.9 Å². The van der Waals surface area contributed by atoms with E-state index in [0.717, 1.165) is 0 Å². The highest BCUT2D eigenvalue weighted by molar-refractivity contribution is 5.94. The minimum atomic E-state index is -0.328. The van der Waals surface area contributed by atoms with E-state index in [1.165, 1.54) is 17.2 Å². The van der Waals surface area contributed by atoms with E-state index in [-0.39, 0.29) is 18.3 Å². The third-order valence-corrected chi connectivity index (χ3v) is 2.87. The number of nitrogens with zero attached hydrogens (tertiary/aromatic N) is 2. The number of amides is 1. The maximum absolute atomic E-state index is 13.6. The lowest BCUT2D eigenvalue weighted by Crippen LogP contribution is -2.26. The molecule has 0 unspecified atom stereocenters. The Hall–Kier alpha value is -2.47. The lowest BCUT2D eigenvalue weighted by molar-refractivity contribution is 0.0784. The molecule has 1 aromatic heterocycles. The van der Waals surface area contributed by atoms with Gasteiger partial charge >= 0.3 is 0 Å². The van der Waals surface area contributed by atoms with Gasteiger partial charge in [0.05, 0.1) is 0 Å². The van der Waals surface area contributed by atoms with Gasteiger partial charge in [0, 0.05) is 30.9 Å². The molecule has 0 saturated heterocycles. The van der Waals surface area contributed by atoms with Gasteiger partial charge in [-0.3, -0.25) is 4.79 Å². The molecule has 0 bridgehead atoms. The molecule has 20 heavy (non-hydrogen) atoms. The van der Waals surface area contributed by atoms with Crippen molar-refractivity contribution in [2.75, 3.05) is 12.5 Å². The lowest BCUT2D eigenvalue weighted by Gasteiger charge is -2.18. The molecule has 0 aliphatic heterocycles. The molecule has 104 valence electrons. The molecule has 0 radical (unpaired) electrons. The molecule has 1 heterocycles. The van der Waals surface area contributed by atoms with Crippen LogP contribution in [0, 0.1) is 5.82 Å². The van der Waals surface area contributed by atoms with Crippen molar-refractivity contribution in [2.24, 2.45) is 5.84 Å². The molecule has 3 N–H and O–H groups in total. The van der Waals surface area contributed by atoms with Crippen LogP contribution in [-0.2, 0) is 6.54 Å². The van der Waals surface area contributed by atoms with Crippen LogP contribution in [0.25, 0.3) is 0 Å². The lowest BCUT2D eigenvalue weighted by atomic mass is 10.2. The normalized spacial score (nSPS) is 10.2. The van der Waals surface area contributed by atoms with E-state index in [9.17, 15) is 9.18 Å². The second kappa shape index (κ2) is 6.12. The van der Waals surface area contributed by atoms with Crippen molar-refractivity contribution in [1.82, 2.24) is 9.88 Å².